The fourth-order valence-corrected chi connectivity index (χ4v) is 0.821. The molecular formula is C7H8N2O4. The van der Waals surface area contributed by atoms with E-state index in [4.69, 9.17) is 9.47 Å². The summed E-state index contributed by atoms with van der Waals surface area (Å²) in [6, 6.07) is 1.26. The van der Waals surface area contributed by atoms with Crippen molar-refractivity contribution in [2.45, 2.75) is 0 Å². The first-order chi connectivity index (χ1) is 6.19. The van der Waals surface area contributed by atoms with Gasteiger partial charge < -0.3 is 9.47 Å². The third-order valence-corrected chi connectivity index (χ3v) is 1.43. The highest BCUT2D eigenvalue weighted by Gasteiger charge is 2.12. The molecule has 13 heavy (non-hydrogen) atoms. The Hall–Kier alpha value is -1.85. The fourth-order valence-electron chi connectivity index (χ4n) is 0.821. The van der Waals surface area contributed by atoms with Crippen molar-refractivity contribution in [3.05, 3.63) is 22.4 Å². The van der Waals surface area contributed by atoms with E-state index in [1.807, 2.05) is 0 Å². The number of hydrogen-bond acceptors (Lipinski definition) is 5. The van der Waals surface area contributed by atoms with Crippen molar-refractivity contribution in [3.63, 3.8) is 0 Å². The predicted octanol–water partition coefficient (Wildman–Crippen LogP) is 1.01. The molecule has 0 saturated heterocycles. The van der Waals surface area contributed by atoms with Gasteiger partial charge in [-0.3, -0.25) is 10.1 Å². The van der Waals surface area contributed by atoms with Gasteiger partial charge in [0.1, 0.15) is 6.20 Å². The van der Waals surface area contributed by atoms with Gasteiger partial charge in [0.15, 0.2) is 5.75 Å². The van der Waals surface area contributed by atoms with Crippen molar-refractivity contribution in [2.75, 3.05) is 14.2 Å². The first-order valence-corrected chi connectivity index (χ1v) is 3.41. The summed E-state index contributed by atoms with van der Waals surface area (Å²) in [5.41, 5.74) is -0.127. The topological polar surface area (TPSA) is 74.5 Å². The van der Waals surface area contributed by atoms with Crippen molar-refractivity contribution in [1.29, 1.82) is 0 Å². The van der Waals surface area contributed by atoms with Crippen LogP contribution in [0.3, 0.4) is 0 Å². The highest BCUT2D eigenvalue weighted by atomic mass is 16.6. The maximum atomic E-state index is 10.3. The van der Waals surface area contributed by atoms with Gasteiger partial charge >= 0.3 is 0 Å². The van der Waals surface area contributed by atoms with Crippen LogP contribution in [0.2, 0.25) is 0 Å². The van der Waals surface area contributed by atoms with Crippen LogP contribution in [0.1, 0.15) is 0 Å². The van der Waals surface area contributed by atoms with E-state index >= 15 is 0 Å². The lowest BCUT2D eigenvalue weighted by atomic mass is 10.4. The maximum absolute atomic E-state index is 10.3. The second kappa shape index (κ2) is 3.70. The number of hydrogen-bond donors (Lipinski definition) is 0. The van der Waals surface area contributed by atoms with Gasteiger partial charge in [-0.1, -0.05) is 0 Å². The lowest BCUT2D eigenvalue weighted by Crippen LogP contribution is -1.95. The minimum absolute atomic E-state index is 0.127. The molecule has 1 aromatic heterocycles. The molecule has 0 bridgehead atoms. The van der Waals surface area contributed by atoms with Crippen molar-refractivity contribution >= 4 is 5.69 Å². The van der Waals surface area contributed by atoms with Crippen LogP contribution in [0.15, 0.2) is 12.3 Å². The zero-order valence-corrected chi connectivity index (χ0v) is 7.18. The first kappa shape index (κ1) is 9.24. The van der Waals surface area contributed by atoms with Crippen LogP contribution in [0, 0.1) is 10.1 Å². The van der Waals surface area contributed by atoms with Crippen LogP contribution in [0.4, 0.5) is 5.69 Å². The minimum Gasteiger partial charge on any atom is -0.491 e. The van der Waals surface area contributed by atoms with E-state index < -0.39 is 4.92 Å². The lowest BCUT2D eigenvalue weighted by molar-refractivity contribution is -0.385. The number of nitro groups is 1. The molecule has 0 aliphatic rings. The molecule has 6 heteroatoms. The van der Waals surface area contributed by atoms with E-state index in [-0.39, 0.29) is 17.3 Å². The first-order valence-electron chi connectivity index (χ1n) is 3.41. The van der Waals surface area contributed by atoms with E-state index in [2.05, 4.69) is 4.98 Å². The zero-order chi connectivity index (χ0) is 9.84. The van der Waals surface area contributed by atoms with E-state index in [0.717, 1.165) is 6.20 Å². The van der Waals surface area contributed by atoms with Gasteiger partial charge in [0, 0.05) is 0 Å². The molecular weight excluding hydrogens is 176 g/mol. The fraction of sp³-hybridized carbons (Fsp3) is 0.286. The number of ether oxygens (including phenoxy) is 2. The Morgan fingerprint density at radius 2 is 2.15 bits per heavy atom. The normalized spacial score (nSPS) is 9.38. The third kappa shape index (κ3) is 1.84. The molecule has 0 aliphatic carbocycles. The number of nitrogens with zero attached hydrogens (tertiary/aromatic N) is 2. The molecule has 70 valence electrons. The van der Waals surface area contributed by atoms with Crippen LogP contribution >= 0.6 is 0 Å². The molecule has 0 saturated carbocycles. The Morgan fingerprint density at radius 3 is 2.62 bits per heavy atom. The van der Waals surface area contributed by atoms with E-state index in [0.29, 0.717) is 0 Å². The van der Waals surface area contributed by atoms with Crippen LogP contribution in [0.25, 0.3) is 0 Å². The summed E-state index contributed by atoms with van der Waals surface area (Å²) in [6.07, 6.45) is 1.11. The summed E-state index contributed by atoms with van der Waals surface area (Å²) in [5, 5.41) is 10.3. The van der Waals surface area contributed by atoms with Gasteiger partial charge in [-0.05, 0) is 0 Å². The molecule has 0 unspecified atom stereocenters. The van der Waals surface area contributed by atoms with Crippen LogP contribution in [-0.4, -0.2) is 24.1 Å². The third-order valence-electron chi connectivity index (χ3n) is 1.43. The van der Waals surface area contributed by atoms with E-state index in [1.165, 1.54) is 20.3 Å². The average molecular weight is 184 g/mol. The largest absolute Gasteiger partial charge is 0.491 e. The van der Waals surface area contributed by atoms with Gasteiger partial charge in [-0.2, -0.15) is 0 Å². The molecule has 0 fully saturated rings. The van der Waals surface area contributed by atoms with Crippen LogP contribution in [0.5, 0.6) is 11.6 Å². The van der Waals surface area contributed by atoms with Gasteiger partial charge in [-0.15, -0.1) is 0 Å². The Bertz CT molecular complexity index is 326. The maximum Gasteiger partial charge on any atom is 0.291 e. The van der Waals surface area contributed by atoms with Gasteiger partial charge in [0.25, 0.3) is 11.6 Å². The van der Waals surface area contributed by atoms with Crippen molar-refractivity contribution in [1.82, 2.24) is 4.98 Å². The Morgan fingerprint density at radius 1 is 1.46 bits per heavy atom. The van der Waals surface area contributed by atoms with Gasteiger partial charge in [0.2, 0.25) is 0 Å². The summed E-state index contributed by atoms with van der Waals surface area (Å²) in [7, 11) is 2.81. The monoisotopic (exact) mass is 184 g/mol. The molecule has 0 spiro atoms. The summed E-state index contributed by atoms with van der Waals surface area (Å²) in [4.78, 5) is 13.5. The average Bonchev–Trinajstić information content (AvgIpc) is 2.16. The summed E-state index contributed by atoms with van der Waals surface area (Å²) >= 11 is 0. The lowest BCUT2D eigenvalue weighted by Gasteiger charge is -2.04. The summed E-state index contributed by atoms with van der Waals surface area (Å²) in [6.45, 7) is 0. The quantitative estimate of drug-likeness (QED) is 0.517. The predicted molar refractivity (Wildman–Crippen MR) is 44.0 cm³/mol. The Labute approximate surface area is 74.3 Å². The molecule has 0 aliphatic heterocycles. The second-order valence-electron chi connectivity index (χ2n) is 2.16. The summed E-state index contributed by atoms with van der Waals surface area (Å²) < 4.78 is 9.65. The summed E-state index contributed by atoms with van der Waals surface area (Å²) in [5.74, 6) is 0.477. The number of methoxy groups -OCH3 is 2. The standard InChI is InChI=1S/C7H8N2O4/c1-12-6-3-5(9(10)11)4-8-7(6)13-2/h3-4H,1-2H3. The zero-order valence-electron chi connectivity index (χ0n) is 7.18. The molecule has 0 radical (unpaired) electrons. The van der Waals surface area contributed by atoms with E-state index in [9.17, 15) is 10.1 Å². The molecule has 1 rings (SSSR count). The molecule has 1 aromatic rings. The van der Waals surface area contributed by atoms with Gasteiger partial charge in [-0.25, -0.2) is 4.98 Å². The molecule has 0 aromatic carbocycles. The molecule has 0 amide bonds. The van der Waals surface area contributed by atoms with Crippen molar-refractivity contribution < 1.29 is 14.4 Å². The van der Waals surface area contributed by atoms with Gasteiger partial charge in [0.05, 0.1) is 25.2 Å². The molecule has 0 atom stereocenters. The van der Waals surface area contributed by atoms with Crippen LogP contribution < -0.4 is 9.47 Å². The second-order valence-corrected chi connectivity index (χ2v) is 2.16. The Balaban J connectivity index is 3.13. The van der Waals surface area contributed by atoms with Crippen molar-refractivity contribution in [2.24, 2.45) is 0 Å². The SMILES string of the molecule is COc1cc([N+](=O)[O-])cnc1OC. The Kier molecular flexibility index (Phi) is 2.63. The highest BCUT2D eigenvalue weighted by molar-refractivity contribution is 5.42. The number of pyridine rings is 1. The van der Waals surface area contributed by atoms with Crippen molar-refractivity contribution in [3.8, 4) is 11.6 Å². The number of aromatic nitrogens is 1. The molecule has 1 heterocycles. The van der Waals surface area contributed by atoms with E-state index in [1.54, 1.807) is 0 Å². The molecule has 6 nitrogen and oxygen atoms in total. The van der Waals surface area contributed by atoms with Crippen LogP contribution in [-0.2, 0) is 0 Å². The highest BCUT2D eigenvalue weighted by Crippen LogP contribution is 2.27. The molecule has 0 N–H and O–H groups in total. The minimum atomic E-state index is -0.547. The number of rotatable bonds is 3. The smallest absolute Gasteiger partial charge is 0.291 e.